The quantitative estimate of drug-likeness (QED) is 0.279. The fourth-order valence-electron chi connectivity index (χ4n) is 4.68. The van der Waals surface area contributed by atoms with Gasteiger partial charge >= 0.3 is 24.6 Å². The Hall–Kier alpha value is -3.90. The van der Waals surface area contributed by atoms with E-state index in [1.54, 1.807) is 25.1 Å². The number of hydrogen-bond acceptors (Lipinski definition) is 3. The van der Waals surface area contributed by atoms with Crippen LogP contribution in [0.2, 0.25) is 0 Å². The van der Waals surface area contributed by atoms with E-state index in [1.807, 2.05) is 0 Å². The summed E-state index contributed by atoms with van der Waals surface area (Å²) in [6.07, 6.45) is -17.7. The normalized spacial score (nSPS) is 18.0. The highest BCUT2D eigenvalue weighted by atomic mass is 19.4. The number of alkyl halides is 9. The molecule has 220 valence electrons. The molecular weight excluding hydrogens is 569 g/mol. The highest BCUT2D eigenvalue weighted by Gasteiger charge is 2.43. The molecule has 0 saturated carbocycles. The van der Waals surface area contributed by atoms with Crippen LogP contribution in [0.3, 0.4) is 0 Å². The van der Waals surface area contributed by atoms with Crippen LogP contribution in [-0.4, -0.2) is 24.1 Å². The predicted octanol–water partition coefficient (Wildman–Crippen LogP) is 8.81. The first-order valence-corrected chi connectivity index (χ1v) is 12.0. The number of hydrogen-bond donors (Lipinski definition) is 0. The molecule has 2 atom stereocenters. The number of ether oxygens (including phenoxy) is 2. The summed E-state index contributed by atoms with van der Waals surface area (Å²) >= 11 is 0. The Bertz CT molecular complexity index is 1430. The molecule has 13 heteroatoms. The van der Waals surface area contributed by atoms with Gasteiger partial charge in [-0.05, 0) is 73.0 Å². The first-order chi connectivity index (χ1) is 18.9. The van der Waals surface area contributed by atoms with Crippen LogP contribution < -0.4 is 4.74 Å². The van der Waals surface area contributed by atoms with Crippen LogP contribution in [-0.2, 0) is 29.8 Å². The van der Waals surface area contributed by atoms with Gasteiger partial charge in [0.15, 0.2) is 0 Å². The second kappa shape index (κ2) is 10.5. The van der Waals surface area contributed by atoms with Crippen molar-refractivity contribution in [2.24, 2.45) is 0 Å². The maximum absolute atomic E-state index is 13.6. The van der Waals surface area contributed by atoms with E-state index in [0.717, 1.165) is 22.6 Å². The van der Waals surface area contributed by atoms with Gasteiger partial charge in [-0.2, -0.15) is 39.5 Å². The standard InChI is InChI=1S/C28H22F9NO3/c1-14-4-7-23(40-3)22(8-14)21-6-5-18(26(29,30)31)11-17(21)13-38-15(2)24(41-25(38)39)16-9-19(27(32,33)34)12-20(10-16)28(35,36)37/h4-12,15,24H,13H2,1-3H3/t15-,24-/m0/s1. The number of nitrogens with zero attached hydrogens (tertiary/aromatic N) is 1. The molecule has 0 aliphatic carbocycles. The zero-order valence-electron chi connectivity index (χ0n) is 21.6. The summed E-state index contributed by atoms with van der Waals surface area (Å²) in [7, 11) is 1.37. The Labute approximate surface area is 228 Å². The molecule has 0 aromatic heterocycles. The zero-order valence-corrected chi connectivity index (χ0v) is 21.6. The molecule has 0 N–H and O–H groups in total. The molecule has 0 bridgehead atoms. The lowest BCUT2D eigenvalue weighted by Gasteiger charge is -2.24. The lowest BCUT2D eigenvalue weighted by Crippen LogP contribution is -2.32. The largest absolute Gasteiger partial charge is 0.496 e. The van der Waals surface area contributed by atoms with Crippen molar-refractivity contribution < 1.29 is 53.8 Å². The summed E-state index contributed by atoms with van der Waals surface area (Å²) in [6, 6.07) is 7.62. The van der Waals surface area contributed by atoms with Crippen LogP contribution in [0.5, 0.6) is 5.75 Å². The first kappa shape index (κ1) is 30.1. The number of amides is 1. The van der Waals surface area contributed by atoms with Gasteiger partial charge in [0.2, 0.25) is 0 Å². The van der Waals surface area contributed by atoms with Crippen molar-refractivity contribution in [1.82, 2.24) is 4.90 Å². The molecule has 0 spiro atoms. The molecule has 1 amide bonds. The Morgan fingerprint density at radius 1 is 0.780 bits per heavy atom. The Morgan fingerprint density at radius 3 is 1.90 bits per heavy atom. The number of cyclic esters (lactones) is 1. The number of carbonyl (C=O) groups excluding carboxylic acids is 1. The number of carbonyl (C=O) groups is 1. The molecule has 3 aromatic carbocycles. The topological polar surface area (TPSA) is 38.8 Å². The van der Waals surface area contributed by atoms with Crippen molar-refractivity contribution in [3.05, 3.63) is 88.0 Å². The van der Waals surface area contributed by atoms with Gasteiger partial charge in [-0.3, -0.25) is 4.90 Å². The van der Waals surface area contributed by atoms with Crippen molar-refractivity contribution in [2.75, 3.05) is 7.11 Å². The summed E-state index contributed by atoms with van der Waals surface area (Å²) < 4.78 is 132. The molecule has 0 radical (unpaired) electrons. The zero-order chi connectivity index (χ0) is 30.5. The minimum absolute atomic E-state index is 0.00759. The first-order valence-electron chi connectivity index (χ1n) is 12.0. The molecule has 4 nitrogen and oxygen atoms in total. The van der Waals surface area contributed by atoms with Crippen molar-refractivity contribution in [3.8, 4) is 16.9 Å². The highest BCUT2D eigenvalue weighted by molar-refractivity contribution is 5.76. The van der Waals surface area contributed by atoms with Gasteiger partial charge in [0.1, 0.15) is 11.9 Å². The third-order valence-electron chi connectivity index (χ3n) is 6.75. The van der Waals surface area contributed by atoms with Gasteiger partial charge in [0.05, 0.1) is 36.4 Å². The van der Waals surface area contributed by atoms with Crippen LogP contribution in [0.4, 0.5) is 44.3 Å². The highest BCUT2D eigenvalue weighted by Crippen LogP contribution is 2.43. The maximum atomic E-state index is 13.6. The molecule has 4 rings (SSSR count). The third kappa shape index (κ3) is 6.23. The Morgan fingerprint density at radius 2 is 1.37 bits per heavy atom. The van der Waals surface area contributed by atoms with Crippen molar-refractivity contribution in [3.63, 3.8) is 0 Å². The number of benzene rings is 3. The molecule has 3 aromatic rings. The maximum Gasteiger partial charge on any atom is 0.416 e. The summed E-state index contributed by atoms with van der Waals surface area (Å²) in [5, 5.41) is 0. The lowest BCUT2D eigenvalue weighted by atomic mass is 9.94. The Kier molecular flexibility index (Phi) is 7.70. The number of methoxy groups -OCH3 is 1. The van der Waals surface area contributed by atoms with E-state index in [1.165, 1.54) is 20.1 Å². The van der Waals surface area contributed by atoms with Crippen LogP contribution in [0, 0.1) is 6.92 Å². The van der Waals surface area contributed by atoms with E-state index in [9.17, 15) is 44.3 Å². The smallest absolute Gasteiger partial charge is 0.416 e. The number of aryl methyl sites for hydroxylation is 1. The van der Waals surface area contributed by atoms with Gasteiger partial charge in [-0.15, -0.1) is 0 Å². The van der Waals surface area contributed by atoms with Gasteiger partial charge < -0.3 is 9.47 Å². The van der Waals surface area contributed by atoms with Gasteiger partial charge in [0, 0.05) is 5.56 Å². The minimum atomic E-state index is -5.12. The average molecular weight is 591 g/mol. The van der Waals surface area contributed by atoms with Gasteiger partial charge in [0.25, 0.3) is 0 Å². The Balaban J connectivity index is 1.78. The number of rotatable bonds is 5. The van der Waals surface area contributed by atoms with E-state index in [-0.39, 0.29) is 17.2 Å². The SMILES string of the molecule is COc1ccc(C)cc1-c1ccc(C(F)(F)F)cc1CN1C(=O)O[C@H](c2cc(C(F)(F)F)cc(C(F)(F)F)c2)[C@@H]1C. The molecule has 1 aliphatic rings. The summed E-state index contributed by atoms with van der Waals surface area (Å²) in [5.74, 6) is 0.329. The fourth-order valence-corrected chi connectivity index (χ4v) is 4.68. The van der Waals surface area contributed by atoms with Crippen LogP contribution in [0.15, 0.2) is 54.6 Å². The molecule has 1 saturated heterocycles. The van der Waals surface area contributed by atoms with Crippen LogP contribution in [0.25, 0.3) is 11.1 Å². The summed E-state index contributed by atoms with van der Waals surface area (Å²) in [5.41, 5.74) is -3.29. The molecule has 0 unspecified atom stereocenters. The van der Waals surface area contributed by atoms with E-state index in [2.05, 4.69) is 0 Å². The second-order valence-corrected chi connectivity index (χ2v) is 9.59. The van der Waals surface area contributed by atoms with Gasteiger partial charge in [-0.1, -0.05) is 17.7 Å². The molecule has 1 aliphatic heterocycles. The molecule has 41 heavy (non-hydrogen) atoms. The lowest BCUT2D eigenvalue weighted by molar-refractivity contribution is -0.143. The molecule has 1 heterocycles. The van der Waals surface area contributed by atoms with E-state index in [0.29, 0.717) is 23.4 Å². The van der Waals surface area contributed by atoms with Crippen molar-refractivity contribution in [1.29, 1.82) is 0 Å². The third-order valence-corrected chi connectivity index (χ3v) is 6.75. The molecular formula is C28H22F9NO3. The monoisotopic (exact) mass is 591 g/mol. The van der Waals surface area contributed by atoms with Crippen LogP contribution >= 0.6 is 0 Å². The summed E-state index contributed by atoms with van der Waals surface area (Å²) in [6.45, 7) is 2.59. The van der Waals surface area contributed by atoms with Crippen LogP contribution in [0.1, 0.15) is 46.4 Å². The average Bonchev–Trinajstić information content (AvgIpc) is 3.15. The minimum Gasteiger partial charge on any atom is -0.496 e. The second-order valence-electron chi connectivity index (χ2n) is 9.59. The molecule has 1 fully saturated rings. The van der Waals surface area contributed by atoms with E-state index >= 15 is 0 Å². The van der Waals surface area contributed by atoms with Crippen molar-refractivity contribution >= 4 is 6.09 Å². The number of halogens is 9. The fraction of sp³-hybridized carbons (Fsp3) is 0.321. The summed E-state index contributed by atoms with van der Waals surface area (Å²) in [4.78, 5) is 13.8. The van der Waals surface area contributed by atoms with Gasteiger partial charge in [-0.25, -0.2) is 4.79 Å². The van der Waals surface area contributed by atoms with Crippen molar-refractivity contribution in [2.45, 2.75) is 51.1 Å². The predicted molar refractivity (Wildman–Crippen MR) is 129 cm³/mol. The van der Waals surface area contributed by atoms with E-state index in [4.69, 9.17) is 9.47 Å². The van der Waals surface area contributed by atoms with E-state index < -0.39 is 65.6 Å².